The Morgan fingerprint density at radius 1 is 1.14 bits per heavy atom. The molecule has 0 fully saturated rings. The Balaban J connectivity index is 2.60. The van der Waals surface area contributed by atoms with Gasteiger partial charge in [-0.3, -0.25) is 4.79 Å². The summed E-state index contributed by atoms with van der Waals surface area (Å²) in [5.41, 5.74) is 0.534. The fourth-order valence-corrected chi connectivity index (χ4v) is 1.76. The molecule has 2 rings (SSSR count). The summed E-state index contributed by atoms with van der Waals surface area (Å²) in [5.74, 6) is 0.0298. The molecule has 0 saturated heterocycles. The maximum atomic E-state index is 11.3. The van der Waals surface area contributed by atoms with Crippen molar-refractivity contribution in [3.63, 3.8) is 0 Å². The second-order valence-corrected chi connectivity index (χ2v) is 3.53. The molecule has 0 spiro atoms. The Morgan fingerprint density at radius 3 is 2.29 bits per heavy atom. The van der Waals surface area contributed by atoms with Crippen LogP contribution in [0.5, 0.6) is 11.6 Å². The third-order valence-corrected chi connectivity index (χ3v) is 2.50. The maximum Gasteiger partial charge on any atom is 0.314 e. The van der Waals surface area contributed by atoms with Crippen molar-refractivity contribution in [3.05, 3.63) is 39.3 Å². The monoisotopic (exact) mass is 209 g/mol. The molecule has 1 heterocycles. The van der Waals surface area contributed by atoms with Crippen LogP contribution >= 0.6 is 11.3 Å². The van der Waals surface area contributed by atoms with Gasteiger partial charge in [0.1, 0.15) is 5.75 Å². The van der Waals surface area contributed by atoms with E-state index in [2.05, 4.69) is 0 Å². The highest BCUT2D eigenvalue weighted by Gasteiger charge is 2.06. The molecule has 4 nitrogen and oxygen atoms in total. The van der Waals surface area contributed by atoms with Crippen molar-refractivity contribution < 1.29 is 10.2 Å². The Hall–Kier alpha value is -1.75. The van der Waals surface area contributed by atoms with Crippen LogP contribution in [0.15, 0.2) is 34.4 Å². The normalized spacial score (nSPS) is 10.3. The zero-order valence-electron chi connectivity index (χ0n) is 7.04. The fraction of sp³-hybridized carbons (Fsp3) is 0. The Labute approximate surface area is 83.3 Å². The van der Waals surface area contributed by atoms with Crippen LogP contribution in [0.25, 0.3) is 5.69 Å². The van der Waals surface area contributed by atoms with Crippen LogP contribution in [-0.2, 0) is 0 Å². The number of nitrogens with zero attached hydrogens (tertiary/aromatic N) is 1. The van der Waals surface area contributed by atoms with Crippen molar-refractivity contribution in [3.8, 4) is 17.3 Å². The topological polar surface area (TPSA) is 62.5 Å². The van der Waals surface area contributed by atoms with Crippen molar-refractivity contribution >= 4 is 11.3 Å². The van der Waals surface area contributed by atoms with Crippen LogP contribution in [0, 0.1) is 0 Å². The number of hydrogen-bond donors (Lipinski definition) is 2. The van der Waals surface area contributed by atoms with Crippen molar-refractivity contribution in [1.29, 1.82) is 0 Å². The van der Waals surface area contributed by atoms with E-state index in [0.29, 0.717) is 5.69 Å². The molecule has 14 heavy (non-hydrogen) atoms. The minimum Gasteiger partial charge on any atom is -0.508 e. The smallest absolute Gasteiger partial charge is 0.314 e. The first-order chi connectivity index (χ1) is 6.68. The van der Waals surface area contributed by atoms with Crippen LogP contribution in [-0.4, -0.2) is 14.8 Å². The summed E-state index contributed by atoms with van der Waals surface area (Å²) >= 11 is 0.925. The molecular formula is C9H7NO3S. The van der Waals surface area contributed by atoms with Crippen molar-refractivity contribution in [2.45, 2.75) is 0 Å². The van der Waals surface area contributed by atoms with Gasteiger partial charge < -0.3 is 10.2 Å². The zero-order chi connectivity index (χ0) is 10.1. The number of aromatic nitrogens is 1. The van der Waals surface area contributed by atoms with Gasteiger partial charge in [0, 0.05) is 0 Å². The lowest BCUT2D eigenvalue weighted by atomic mass is 10.3. The summed E-state index contributed by atoms with van der Waals surface area (Å²) in [4.78, 5) is 11.0. The minimum atomic E-state index is -0.256. The van der Waals surface area contributed by atoms with Gasteiger partial charge in [-0.2, -0.15) is 0 Å². The van der Waals surface area contributed by atoms with Gasteiger partial charge in [-0.25, -0.2) is 4.57 Å². The van der Waals surface area contributed by atoms with Crippen LogP contribution in [0.3, 0.4) is 0 Å². The highest BCUT2D eigenvalue weighted by atomic mass is 32.1. The minimum absolute atomic E-state index is 0.0920. The highest BCUT2D eigenvalue weighted by Crippen LogP contribution is 2.18. The summed E-state index contributed by atoms with van der Waals surface area (Å²) in [7, 11) is 0. The van der Waals surface area contributed by atoms with Gasteiger partial charge in [-0.15, -0.1) is 0 Å². The summed E-state index contributed by atoms with van der Waals surface area (Å²) in [6, 6.07) is 6.03. The molecule has 0 bridgehead atoms. The predicted octanol–water partition coefficient (Wildman–Crippen LogP) is 1.31. The van der Waals surface area contributed by atoms with Crippen molar-refractivity contribution in [2.24, 2.45) is 0 Å². The summed E-state index contributed by atoms with van der Waals surface area (Å²) < 4.78 is 1.17. The standard InChI is InChI=1S/C9H7NO3S/c11-7-3-1-6(2-4-7)10-8(12)5-14-9(10)13/h1-5,11-12H. The first-order valence-electron chi connectivity index (χ1n) is 3.87. The number of phenolic OH excluding ortho intramolecular Hbond substituents is 1. The molecule has 0 aliphatic heterocycles. The van der Waals surface area contributed by atoms with E-state index < -0.39 is 0 Å². The third-order valence-electron chi connectivity index (χ3n) is 1.78. The number of thiazole rings is 1. The average molecular weight is 209 g/mol. The summed E-state index contributed by atoms with van der Waals surface area (Å²) in [6.07, 6.45) is 0. The molecule has 1 aromatic carbocycles. The average Bonchev–Trinajstić information content (AvgIpc) is 2.49. The van der Waals surface area contributed by atoms with E-state index in [4.69, 9.17) is 5.11 Å². The fourth-order valence-electron chi connectivity index (χ4n) is 1.14. The molecule has 0 atom stereocenters. The third kappa shape index (κ3) is 1.38. The number of phenols is 1. The molecule has 0 aliphatic rings. The molecule has 72 valence electrons. The number of benzene rings is 1. The van der Waals surface area contributed by atoms with E-state index in [1.807, 2.05) is 0 Å². The highest BCUT2D eigenvalue weighted by molar-refractivity contribution is 7.07. The zero-order valence-corrected chi connectivity index (χ0v) is 7.86. The predicted molar refractivity (Wildman–Crippen MR) is 53.2 cm³/mol. The van der Waals surface area contributed by atoms with E-state index >= 15 is 0 Å². The van der Waals surface area contributed by atoms with Gasteiger partial charge in [-0.1, -0.05) is 11.3 Å². The lowest BCUT2D eigenvalue weighted by Gasteiger charge is -2.02. The van der Waals surface area contributed by atoms with Gasteiger partial charge in [0.25, 0.3) is 0 Å². The quantitative estimate of drug-likeness (QED) is 0.744. The second kappa shape index (κ2) is 3.19. The second-order valence-electron chi connectivity index (χ2n) is 2.71. The molecule has 2 aromatic rings. The summed E-state index contributed by atoms with van der Waals surface area (Å²) in [5, 5.41) is 19.8. The Bertz CT molecular complexity index is 498. The van der Waals surface area contributed by atoms with Crippen LogP contribution in [0.4, 0.5) is 0 Å². The maximum absolute atomic E-state index is 11.3. The summed E-state index contributed by atoms with van der Waals surface area (Å²) in [6.45, 7) is 0. The molecule has 0 unspecified atom stereocenters. The number of hydrogen-bond acceptors (Lipinski definition) is 4. The molecule has 1 aromatic heterocycles. The molecule has 0 radical (unpaired) electrons. The molecule has 0 aliphatic carbocycles. The van der Waals surface area contributed by atoms with E-state index in [1.54, 1.807) is 12.1 Å². The number of aromatic hydroxyl groups is 2. The van der Waals surface area contributed by atoms with E-state index in [9.17, 15) is 9.90 Å². The van der Waals surface area contributed by atoms with Crippen molar-refractivity contribution in [1.82, 2.24) is 4.57 Å². The lowest BCUT2D eigenvalue weighted by Crippen LogP contribution is -2.09. The van der Waals surface area contributed by atoms with Crippen LogP contribution in [0.1, 0.15) is 0 Å². The Morgan fingerprint density at radius 2 is 1.79 bits per heavy atom. The van der Waals surface area contributed by atoms with Gasteiger partial charge in [0.2, 0.25) is 5.88 Å². The lowest BCUT2D eigenvalue weighted by molar-refractivity contribution is 0.440. The van der Waals surface area contributed by atoms with Gasteiger partial charge in [0.05, 0.1) is 11.1 Å². The first kappa shape index (κ1) is 8.83. The van der Waals surface area contributed by atoms with Crippen LogP contribution < -0.4 is 4.87 Å². The SMILES string of the molecule is O=c1scc(O)n1-c1ccc(O)cc1. The molecular weight excluding hydrogens is 202 g/mol. The van der Waals surface area contributed by atoms with E-state index in [1.165, 1.54) is 22.1 Å². The van der Waals surface area contributed by atoms with Crippen molar-refractivity contribution in [2.75, 3.05) is 0 Å². The molecule has 0 saturated carbocycles. The van der Waals surface area contributed by atoms with E-state index in [-0.39, 0.29) is 16.5 Å². The molecule has 0 amide bonds. The Kier molecular flexibility index (Phi) is 2.01. The molecule has 5 heteroatoms. The number of rotatable bonds is 1. The van der Waals surface area contributed by atoms with Gasteiger partial charge in [0.15, 0.2) is 0 Å². The van der Waals surface area contributed by atoms with Gasteiger partial charge >= 0.3 is 4.87 Å². The molecule has 2 N–H and O–H groups in total. The van der Waals surface area contributed by atoms with E-state index in [0.717, 1.165) is 11.3 Å². The van der Waals surface area contributed by atoms with Gasteiger partial charge in [-0.05, 0) is 24.3 Å². The van der Waals surface area contributed by atoms with Crippen LogP contribution in [0.2, 0.25) is 0 Å². The largest absolute Gasteiger partial charge is 0.508 e. The first-order valence-corrected chi connectivity index (χ1v) is 4.75.